The summed E-state index contributed by atoms with van der Waals surface area (Å²) in [5, 5.41) is 3.01. The monoisotopic (exact) mass is 247 g/mol. The molecule has 0 aromatic carbocycles. The van der Waals surface area contributed by atoms with Crippen molar-refractivity contribution in [1.29, 1.82) is 0 Å². The van der Waals surface area contributed by atoms with Gasteiger partial charge in [-0.25, -0.2) is 4.98 Å². The maximum Gasteiger partial charge on any atom is 0.224 e. The Hall–Kier alpha value is -1.36. The first-order valence-electron chi connectivity index (χ1n) is 6.78. The molecule has 5 nitrogen and oxygen atoms in total. The number of nitrogens with one attached hydrogen (secondary N) is 1. The summed E-state index contributed by atoms with van der Waals surface area (Å²) in [6, 6.07) is 0.881. The normalized spacial score (nSPS) is 21.1. The summed E-state index contributed by atoms with van der Waals surface area (Å²) in [7, 11) is 1.86. The Morgan fingerprint density at radius 2 is 1.94 bits per heavy atom. The second-order valence-corrected chi connectivity index (χ2v) is 5.20. The molecule has 1 aromatic rings. The molecule has 1 N–H and O–H groups in total. The maximum atomic E-state index is 4.59. The van der Waals surface area contributed by atoms with Gasteiger partial charge < -0.3 is 10.2 Å². The smallest absolute Gasteiger partial charge is 0.224 e. The molecule has 0 bridgehead atoms. The molecule has 98 valence electrons. The van der Waals surface area contributed by atoms with Crippen molar-refractivity contribution in [2.45, 2.75) is 25.8 Å². The average molecular weight is 247 g/mol. The Labute approximate surface area is 108 Å². The summed E-state index contributed by atoms with van der Waals surface area (Å²) in [6.45, 7) is 6.59. The topological polar surface area (TPSA) is 44.3 Å². The Morgan fingerprint density at radius 3 is 2.56 bits per heavy atom. The molecule has 1 aliphatic heterocycles. The highest BCUT2D eigenvalue weighted by Gasteiger charge is 2.31. The van der Waals surface area contributed by atoms with Gasteiger partial charge in [0.15, 0.2) is 0 Å². The van der Waals surface area contributed by atoms with Crippen molar-refractivity contribution < 1.29 is 0 Å². The third kappa shape index (κ3) is 2.27. The Kier molecular flexibility index (Phi) is 3.07. The molecule has 3 rings (SSSR count). The van der Waals surface area contributed by atoms with Gasteiger partial charge in [0, 0.05) is 51.0 Å². The lowest BCUT2D eigenvalue weighted by Crippen LogP contribution is -2.47. The van der Waals surface area contributed by atoms with Gasteiger partial charge in [-0.05, 0) is 19.8 Å². The van der Waals surface area contributed by atoms with E-state index in [1.54, 1.807) is 0 Å². The third-order valence-electron chi connectivity index (χ3n) is 3.85. The summed E-state index contributed by atoms with van der Waals surface area (Å²) in [5.41, 5.74) is 1.16. The highest BCUT2D eigenvalue weighted by molar-refractivity contribution is 5.49. The first kappa shape index (κ1) is 11.7. The van der Waals surface area contributed by atoms with Gasteiger partial charge in [-0.15, -0.1) is 0 Å². The van der Waals surface area contributed by atoms with Crippen LogP contribution in [-0.2, 0) is 0 Å². The number of aromatic nitrogens is 2. The SMILES string of the molecule is CNc1ncc(C)c(N2CCN(C3CC3)CC2)n1. The van der Waals surface area contributed by atoms with Crippen LogP contribution in [0.25, 0.3) is 0 Å². The van der Waals surface area contributed by atoms with Crippen LogP contribution in [0.15, 0.2) is 6.20 Å². The number of hydrogen-bond acceptors (Lipinski definition) is 5. The van der Waals surface area contributed by atoms with Crippen LogP contribution >= 0.6 is 0 Å². The zero-order valence-electron chi connectivity index (χ0n) is 11.2. The third-order valence-corrected chi connectivity index (χ3v) is 3.85. The summed E-state index contributed by atoms with van der Waals surface area (Å²) < 4.78 is 0. The Bertz CT molecular complexity index is 421. The van der Waals surface area contributed by atoms with Crippen molar-refractivity contribution in [2.75, 3.05) is 43.4 Å². The Balaban J connectivity index is 1.71. The van der Waals surface area contributed by atoms with Crippen LogP contribution in [0.3, 0.4) is 0 Å². The summed E-state index contributed by atoms with van der Waals surface area (Å²) in [4.78, 5) is 13.8. The summed E-state index contributed by atoms with van der Waals surface area (Å²) >= 11 is 0. The van der Waals surface area contributed by atoms with Crippen molar-refractivity contribution in [2.24, 2.45) is 0 Å². The van der Waals surface area contributed by atoms with Crippen LogP contribution < -0.4 is 10.2 Å². The minimum Gasteiger partial charge on any atom is -0.357 e. The van der Waals surface area contributed by atoms with Crippen molar-refractivity contribution in [3.05, 3.63) is 11.8 Å². The van der Waals surface area contributed by atoms with E-state index in [1.165, 1.54) is 25.9 Å². The fraction of sp³-hybridized carbons (Fsp3) is 0.692. The number of rotatable bonds is 3. The average Bonchev–Trinajstić information content (AvgIpc) is 3.24. The zero-order chi connectivity index (χ0) is 12.5. The number of nitrogens with zero attached hydrogens (tertiary/aromatic N) is 4. The van der Waals surface area contributed by atoms with Gasteiger partial charge in [0.2, 0.25) is 5.95 Å². The lowest BCUT2D eigenvalue weighted by molar-refractivity contribution is 0.247. The number of hydrogen-bond donors (Lipinski definition) is 1. The van der Waals surface area contributed by atoms with Crippen LogP contribution in [0.1, 0.15) is 18.4 Å². The van der Waals surface area contributed by atoms with Crippen LogP contribution in [-0.4, -0.2) is 54.1 Å². The molecular weight excluding hydrogens is 226 g/mol. The van der Waals surface area contributed by atoms with Crippen molar-refractivity contribution in [3.63, 3.8) is 0 Å². The molecular formula is C13H21N5. The van der Waals surface area contributed by atoms with E-state index < -0.39 is 0 Å². The number of piperazine rings is 1. The minimum absolute atomic E-state index is 0.709. The quantitative estimate of drug-likeness (QED) is 0.867. The van der Waals surface area contributed by atoms with E-state index >= 15 is 0 Å². The fourth-order valence-electron chi connectivity index (χ4n) is 2.61. The maximum absolute atomic E-state index is 4.59. The predicted molar refractivity (Wildman–Crippen MR) is 73.1 cm³/mol. The molecule has 1 aliphatic carbocycles. The summed E-state index contributed by atoms with van der Waals surface area (Å²) in [6.07, 6.45) is 4.70. The van der Waals surface area contributed by atoms with Crippen molar-refractivity contribution >= 4 is 11.8 Å². The number of aryl methyl sites for hydroxylation is 1. The van der Waals surface area contributed by atoms with E-state index in [1.807, 2.05) is 13.2 Å². The molecule has 0 atom stereocenters. The predicted octanol–water partition coefficient (Wildman–Crippen LogP) is 1.11. The van der Waals surface area contributed by atoms with E-state index in [2.05, 4.69) is 32.0 Å². The lowest BCUT2D eigenvalue weighted by Gasteiger charge is -2.36. The van der Waals surface area contributed by atoms with Gasteiger partial charge in [0.25, 0.3) is 0 Å². The molecule has 2 aliphatic rings. The molecule has 2 fully saturated rings. The van der Waals surface area contributed by atoms with Crippen LogP contribution in [0.5, 0.6) is 0 Å². The molecule has 0 spiro atoms. The van der Waals surface area contributed by atoms with E-state index in [4.69, 9.17) is 0 Å². The zero-order valence-corrected chi connectivity index (χ0v) is 11.2. The minimum atomic E-state index is 0.709. The molecule has 0 unspecified atom stereocenters. The first-order chi connectivity index (χ1) is 8.78. The molecule has 5 heteroatoms. The van der Waals surface area contributed by atoms with E-state index in [0.29, 0.717) is 5.95 Å². The molecule has 1 aromatic heterocycles. The molecule has 1 saturated carbocycles. The van der Waals surface area contributed by atoms with Gasteiger partial charge in [0.1, 0.15) is 5.82 Å². The molecule has 18 heavy (non-hydrogen) atoms. The second-order valence-electron chi connectivity index (χ2n) is 5.20. The first-order valence-corrected chi connectivity index (χ1v) is 6.78. The van der Waals surface area contributed by atoms with Crippen LogP contribution in [0.2, 0.25) is 0 Å². The van der Waals surface area contributed by atoms with Gasteiger partial charge >= 0.3 is 0 Å². The fourth-order valence-corrected chi connectivity index (χ4v) is 2.61. The second kappa shape index (κ2) is 4.72. The van der Waals surface area contributed by atoms with Crippen LogP contribution in [0, 0.1) is 6.92 Å². The molecule has 1 saturated heterocycles. The van der Waals surface area contributed by atoms with Crippen molar-refractivity contribution in [1.82, 2.24) is 14.9 Å². The highest BCUT2D eigenvalue weighted by Crippen LogP contribution is 2.28. The number of anilines is 2. The largest absolute Gasteiger partial charge is 0.357 e. The highest BCUT2D eigenvalue weighted by atomic mass is 15.3. The van der Waals surface area contributed by atoms with E-state index in [0.717, 1.165) is 30.5 Å². The van der Waals surface area contributed by atoms with E-state index in [9.17, 15) is 0 Å². The van der Waals surface area contributed by atoms with Crippen LogP contribution in [0.4, 0.5) is 11.8 Å². The lowest BCUT2D eigenvalue weighted by atomic mass is 10.2. The summed E-state index contributed by atoms with van der Waals surface area (Å²) in [5.74, 6) is 1.80. The van der Waals surface area contributed by atoms with E-state index in [-0.39, 0.29) is 0 Å². The van der Waals surface area contributed by atoms with Gasteiger partial charge in [-0.3, -0.25) is 4.90 Å². The Morgan fingerprint density at radius 1 is 1.22 bits per heavy atom. The van der Waals surface area contributed by atoms with Gasteiger partial charge in [-0.1, -0.05) is 0 Å². The molecule has 0 amide bonds. The van der Waals surface area contributed by atoms with Gasteiger partial charge in [0.05, 0.1) is 0 Å². The van der Waals surface area contributed by atoms with Gasteiger partial charge in [-0.2, -0.15) is 4.98 Å². The molecule has 0 radical (unpaired) electrons. The standard InChI is InChI=1S/C13H21N5/c1-10-9-15-13(14-2)16-12(10)18-7-5-17(6-8-18)11-3-4-11/h9,11H,3-8H2,1-2H3,(H,14,15,16). The van der Waals surface area contributed by atoms with Crippen molar-refractivity contribution in [3.8, 4) is 0 Å². The molecule has 2 heterocycles.